The molecular formula is C17H26N2O4S. The van der Waals surface area contributed by atoms with Gasteiger partial charge < -0.3 is 10.4 Å². The number of amides is 1. The molecule has 0 bridgehead atoms. The highest BCUT2D eigenvalue weighted by Crippen LogP contribution is 2.23. The quantitative estimate of drug-likeness (QED) is 0.814. The van der Waals surface area contributed by atoms with E-state index in [1.165, 1.54) is 10.4 Å². The molecule has 1 saturated heterocycles. The molecule has 1 aliphatic heterocycles. The van der Waals surface area contributed by atoms with Crippen molar-refractivity contribution in [3.05, 3.63) is 29.3 Å². The molecule has 0 aromatic heterocycles. The molecule has 1 atom stereocenters. The number of carbonyl (C=O) groups excluding carboxylic acids is 1. The molecule has 0 radical (unpaired) electrons. The first-order chi connectivity index (χ1) is 11.4. The first-order valence-corrected chi connectivity index (χ1v) is 9.86. The second kappa shape index (κ2) is 8.09. The summed E-state index contributed by atoms with van der Waals surface area (Å²) in [5, 5.41) is 12.0. The number of nitrogens with zero attached hydrogens (tertiary/aromatic N) is 1. The molecule has 1 fully saturated rings. The number of hydrogen-bond donors (Lipinski definition) is 2. The van der Waals surface area contributed by atoms with Crippen LogP contribution in [0.2, 0.25) is 0 Å². The minimum Gasteiger partial charge on any atom is -0.394 e. The Morgan fingerprint density at radius 2 is 1.96 bits per heavy atom. The number of aliphatic hydroxyl groups excluding tert-OH is 1. The van der Waals surface area contributed by atoms with Crippen LogP contribution in [0.25, 0.3) is 0 Å². The van der Waals surface area contributed by atoms with Crippen molar-refractivity contribution in [1.82, 2.24) is 9.62 Å². The van der Waals surface area contributed by atoms with E-state index in [0.717, 1.165) is 19.3 Å². The Hall–Kier alpha value is -1.44. The van der Waals surface area contributed by atoms with Crippen LogP contribution in [-0.4, -0.2) is 49.5 Å². The highest BCUT2D eigenvalue weighted by molar-refractivity contribution is 7.89. The number of nitrogens with one attached hydrogen (secondary N) is 1. The summed E-state index contributed by atoms with van der Waals surface area (Å²) in [5.74, 6) is -0.357. The van der Waals surface area contributed by atoms with Crippen LogP contribution in [0.1, 0.15) is 48.5 Å². The summed E-state index contributed by atoms with van der Waals surface area (Å²) < 4.78 is 27.0. The zero-order valence-electron chi connectivity index (χ0n) is 14.3. The highest BCUT2D eigenvalue weighted by atomic mass is 32.2. The fourth-order valence-electron chi connectivity index (χ4n) is 2.80. The van der Waals surface area contributed by atoms with Gasteiger partial charge in [-0.3, -0.25) is 4.79 Å². The normalized spacial score (nSPS) is 17.5. The van der Waals surface area contributed by atoms with Crippen molar-refractivity contribution in [1.29, 1.82) is 0 Å². The third kappa shape index (κ3) is 4.15. The van der Waals surface area contributed by atoms with Gasteiger partial charge in [0.1, 0.15) is 0 Å². The number of piperidine rings is 1. The minimum atomic E-state index is -3.57. The Balaban J connectivity index is 2.29. The van der Waals surface area contributed by atoms with E-state index in [2.05, 4.69) is 5.32 Å². The standard InChI is InChI=1S/C17H26N2O4S/c1-3-14(12-20)18-17(21)16-11-15(8-7-13(16)2)24(22,23)19-9-5-4-6-10-19/h7-8,11,14,20H,3-6,9-10,12H2,1-2H3,(H,18,21)/t14-/m0/s1. The Morgan fingerprint density at radius 1 is 1.29 bits per heavy atom. The van der Waals surface area contributed by atoms with Crippen molar-refractivity contribution in [2.75, 3.05) is 19.7 Å². The van der Waals surface area contributed by atoms with E-state index in [0.29, 0.717) is 30.6 Å². The summed E-state index contributed by atoms with van der Waals surface area (Å²) in [6.07, 6.45) is 3.39. The summed E-state index contributed by atoms with van der Waals surface area (Å²) >= 11 is 0. The SMILES string of the molecule is CC[C@@H](CO)NC(=O)c1cc(S(=O)(=O)N2CCCCC2)ccc1C. The zero-order chi connectivity index (χ0) is 17.7. The summed E-state index contributed by atoms with van der Waals surface area (Å²) in [6, 6.07) is 4.32. The lowest BCUT2D eigenvalue weighted by atomic mass is 10.1. The molecule has 1 aromatic carbocycles. The first kappa shape index (κ1) is 18.9. The predicted octanol–water partition coefficient (Wildman–Crippen LogP) is 1.67. The van der Waals surface area contributed by atoms with Crippen LogP contribution in [0.5, 0.6) is 0 Å². The van der Waals surface area contributed by atoms with Gasteiger partial charge in [-0.15, -0.1) is 0 Å². The van der Waals surface area contributed by atoms with Gasteiger partial charge in [-0.25, -0.2) is 8.42 Å². The van der Waals surface area contributed by atoms with Crippen LogP contribution >= 0.6 is 0 Å². The van der Waals surface area contributed by atoms with Crippen LogP contribution in [0.15, 0.2) is 23.1 Å². The molecule has 7 heteroatoms. The minimum absolute atomic E-state index is 0.146. The van der Waals surface area contributed by atoms with Crippen molar-refractivity contribution >= 4 is 15.9 Å². The Morgan fingerprint density at radius 3 is 2.54 bits per heavy atom. The van der Waals surface area contributed by atoms with Crippen molar-refractivity contribution in [3.8, 4) is 0 Å². The van der Waals surface area contributed by atoms with E-state index >= 15 is 0 Å². The van der Waals surface area contributed by atoms with Gasteiger partial charge in [-0.2, -0.15) is 4.31 Å². The number of hydrogen-bond acceptors (Lipinski definition) is 4. The molecule has 2 rings (SSSR count). The van der Waals surface area contributed by atoms with Gasteiger partial charge >= 0.3 is 0 Å². The molecule has 134 valence electrons. The number of rotatable bonds is 6. The smallest absolute Gasteiger partial charge is 0.251 e. The lowest BCUT2D eigenvalue weighted by molar-refractivity contribution is 0.0914. The van der Waals surface area contributed by atoms with Crippen LogP contribution in [0.3, 0.4) is 0 Å². The Labute approximate surface area is 143 Å². The van der Waals surface area contributed by atoms with Gasteiger partial charge in [-0.1, -0.05) is 19.4 Å². The number of aliphatic hydroxyl groups is 1. The Bertz CT molecular complexity index is 678. The second-order valence-electron chi connectivity index (χ2n) is 6.20. The topological polar surface area (TPSA) is 86.7 Å². The summed E-state index contributed by atoms with van der Waals surface area (Å²) in [5.41, 5.74) is 1.04. The van der Waals surface area contributed by atoms with Crippen LogP contribution in [0, 0.1) is 6.92 Å². The largest absolute Gasteiger partial charge is 0.394 e. The molecule has 0 saturated carbocycles. The molecule has 0 unspecified atom stereocenters. The fraction of sp³-hybridized carbons (Fsp3) is 0.588. The van der Waals surface area contributed by atoms with Crippen LogP contribution < -0.4 is 5.32 Å². The highest BCUT2D eigenvalue weighted by Gasteiger charge is 2.27. The molecule has 0 aliphatic carbocycles. The maximum atomic E-state index is 12.8. The predicted molar refractivity (Wildman–Crippen MR) is 92.4 cm³/mol. The number of benzene rings is 1. The monoisotopic (exact) mass is 354 g/mol. The van der Waals surface area contributed by atoms with E-state index in [-0.39, 0.29) is 23.5 Å². The average molecular weight is 354 g/mol. The third-order valence-electron chi connectivity index (χ3n) is 4.45. The van der Waals surface area contributed by atoms with Crippen molar-refractivity contribution < 1.29 is 18.3 Å². The maximum Gasteiger partial charge on any atom is 0.251 e. The van der Waals surface area contributed by atoms with Gasteiger partial charge in [0.25, 0.3) is 5.91 Å². The molecule has 0 spiro atoms. The Kier molecular flexibility index (Phi) is 6.37. The van der Waals surface area contributed by atoms with E-state index in [9.17, 15) is 18.3 Å². The average Bonchev–Trinajstić information content (AvgIpc) is 2.60. The molecule has 2 N–H and O–H groups in total. The van der Waals surface area contributed by atoms with Crippen LogP contribution in [0.4, 0.5) is 0 Å². The van der Waals surface area contributed by atoms with Gasteiger partial charge in [0.2, 0.25) is 10.0 Å². The van der Waals surface area contributed by atoms with E-state index < -0.39 is 10.0 Å². The van der Waals surface area contributed by atoms with Gasteiger partial charge in [-0.05, 0) is 43.9 Å². The molecule has 1 aromatic rings. The summed E-state index contributed by atoms with van der Waals surface area (Å²) in [6.45, 7) is 4.55. The molecule has 1 heterocycles. The summed E-state index contributed by atoms with van der Waals surface area (Å²) in [7, 11) is -3.57. The molecule has 1 aliphatic rings. The number of carbonyl (C=O) groups is 1. The number of aryl methyl sites for hydroxylation is 1. The van der Waals surface area contributed by atoms with E-state index in [4.69, 9.17) is 0 Å². The van der Waals surface area contributed by atoms with E-state index in [1.807, 2.05) is 6.92 Å². The molecular weight excluding hydrogens is 328 g/mol. The molecule has 6 nitrogen and oxygen atoms in total. The molecule has 24 heavy (non-hydrogen) atoms. The molecule has 1 amide bonds. The third-order valence-corrected chi connectivity index (χ3v) is 6.35. The van der Waals surface area contributed by atoms with Crippen molar-refractivity contribution in [3.63, 3.8) is 0 Å². The number of sulfonamides is 1. The van der Waals surface area contributed by atoms with Gasteiger partial charge in [0, 0.05) is 18.7 Å². The van der Waals surface area contributed by atoms with Crippen molar-refractivity contribution in [2.45, 2.75) is 50.5 Å². The lowest BCUT2D eigenvalue weighted by Crippen LogP contribution is -2.38. The van der Waals surface area contributed by atoms with Gasteiger partial charge in [0.15, 0.2) is 0 Å². The zero-order valence-corrected chi connectivity index (χ0v) is 15.1. The first-order valence-electron chi connectivity index (χ1n) is 8.42. The second-order valence-corrected chi connectivity index (χ2v) is 8.14. The van der Waals surface area contributed by atoms with Gasteiger partial charge in [0.05, 0.1) is 17.5 Å². The van der Waals surface area contributed by atoms with E-state index in [1.54, 1.807) is 19.1 Å². The fourth-order valence-corrected chi connectivity index (χ4v) is 4.34. The maximum absolute atomic E-state index is 12.8. The lowest BCUT2D eigenvalue weighted by Gasteiger charge is -2.26. The van der Waals surface area contributed by atoms with Crippen LogP contribution in [-0.2, 0) is 10.0 Å². The summed E-state index contributed by atoms with van der Waals surface area (Å²) in [4.78, 5) is 12.6. The van der Waals surface area contributed by atoms with Crippen molar-refractivity contribution in [2.24, 2.45) is 0 Å².